The van der Waals surface area contributed by atoms with Crippen molar-refractivity contribution in [1.29, 1.82) is 0 Å². The molecule has 1 fully saturated rings. The first-order valence-electron chi connectivity index (χ1n) is 13.2. The number of halogens is 2. The molecule has 3 aromatic carbocycles. The van der Waals surface area contributed by atoms with Crippen molar-refractivity contribution in [2.24, 2.45) is 0 Å². The minimum absolute atomic E-state index is 0.0499. The van der Waals surface area contributed by atoms with Crippen molar-refractivity contribution >= 4 is 50.7 Å². The number of nitrogens with zero attached hydrogens (tertiary/aromatic N) is 2. The Labute approximate surface area is 246 Å². The van der Waals surface area contributed by atoms with Crippen LogP contribution in [0.2, 0.25) is 10.0 Å². The fraction of sp³-hybridized carbons (Fsp3) is 0.333. The SMILES string of the molecule is CS(=O)(=O)N(CC(=O)N(Cc1ccc(Cl)cc1)C(Cc1ccccc1)C(=O)NC1CCCC1)c1ccccc1Cl. The van der Waals surface area contributed by atoms with E-state index in [0.29, 0.717) is 5.02 Å². The lowest BCUT2D eigenvalue weighted by atomic mass is 10.0. The van der Waals surface area contributed by atoms with Crippen LogP contribution in [0.4, 0.5) is 5.69 Å². The van der Waals surface area contributed by atoms with Crippen LogP contribution in [0.25, 0.3) is 0 Å². The van der Waals surface area contributed by atoms with E-state index in [1.165, 1.54) is 4.90 Å². The molecule has 0 aromatic heterocycles. The van der Waals surface area contributed by atoms with E-state index in [2.05, 4.69) is 5.32 Å². The van der Waals surface area contributed by atoms with Crippen molar-refractivity contribution in [3.8, 4) is 0 Å². The number of anilines is 1. The number of sulfonamides is 1. The molecule has 40 heavy (non-hydrogen) atoms. The third kappa shape index (κ3) is 7.99. The summed E-state index contributed by atoms with van der Waals surface area (Å²) >= 11 is 12.4. The molecule has 4 rings (SSSR count). The maximum Gasteiger partial charge on any atom is 0.244 e. The summed E-state index contributed by atoms with van der Waals surface area (Å²) in [7, 11) is -3.89. The molecule has 1 N–H and O–H groups in total. The number of para-hydroxylation sites is 1. The molecule has 0 spiro atoms. The topological polar surface area (TPSA) is 86.8 Å². The number of hydrogen-bond acceptors (Lipinski definition) is 4. The van der Waals surface area contributed by atoms with E-state index < -0.39 is 28.5 Å². The van der Waals surface area contributed by atoms with E-state index in [0.717, 1.165) is 47.4 Å². The first kappa shape index (κ1) is 29.9. The first-order chi connectivity index (χ1) is 19.1. The summed E-state index contributed by atoms with van der Waals surface area (Å²) in [6, 6.07) is 22.1. The summed E-state index contributed by atoms with van der Waals surface area (Å²) < 4.78 is 26.7. The Morgan fingerprint density at radius 3 is 2.15 bits per heavy atom. The van der Waals surface area contributed by atoms with Crippen LogP contribution in [0.5, 0.6) is 0 Å². The van der Waals surface area contributed by atoms with Gasteiger partial charge >= 0.3 is 0 Å². The second kappa shape index (κ2) is 13.5. The Balaban J connectivity index is 1.72. The van der Waals surface area contributed by atoms with Gasteiger partial charge in [0.25, 0.3) is 0 Å². The molecule has 0 heterocycles. The summed E-state index contributed by atoms with van der Waals surface area (Å²) in [5.41, 5.74) is 1.84. The fourth-order valence-electron chi connectivity index (χ4n) is 4.96. The van der Waals surface area contributed by atoms with Crippen molar-refractivity contribution in [1.82, 2.24) is 10.2 Å². The van der Waals surface area contributed by atoms with E-state index in [1.54, 1.807) is 48.5 Å². The average Bonchev–Trinajstić information content (AvgIpc) is 3.43. The average molecular weight is 603 g/mol. The largest absolute Gasteiger partial charge is 0.352 e. The van der Waals surface area contributed by atoms with Crippen molar-refractivity contribution in [3.63, 3.8) is 0 Å². The summed E-state index contributed by atoms with van der Waals surface area (Å²) in [6.07, 6.45) is 5.17. The predicted molar refractivity (Wildman–Crippen MR) is 160 cm³/mol. The van der Waals surface area contributed by atoms with Gasteiger partial charge in [0, 0.05) is 24.0 Å². The monoisotopic (exact) mass is 601 g/mol. The second-order valence-corrected chi connectivity index (χ2v) is 12.8. The Kier molecular flexibility index (Phi) is 10.1. The van der Waals surface area contributed by atoms with Crippen LogP contribution < -0.4 is 9.62 Å². The zero-order valence-electron chi connectivity index (χ0n) is 22.3. The van der Waals surface area contributed by atoms with E-state index in [-0.39, 0.29) is 35.6 Å². The maximum absolute atomic E-state index is 14.1. The molecule has 1 saturated carbocycles. The van der Waals surface area contributed by atoms with E-state index >= 15 is 0 Å². The lowest BCUT2D eigenvalue weighted by Gasteiger charge is -2.34. The van der Waals surface area contributed by atoms with E-state index in [4.69, 9.17) is 23.2 Å². The highest BCUT2D eigenvalue weighted by Gasteiger charge is 2.34. The molecule has 1 unspecified atom stereocenters. The van der Waals surface area contributed by atoms with Crippen molar-refractivity contribution in [3.05, 3.63) is 100 Å². The van der Waals surface area contributed by atoms with Gasteiger partial charge in [0.05, 0.1) is 17.0 Å². The highest BCUT2D eigenvalue weighted by atomic mass is 35.5. The van der Waals surface area contributed by atoms with Crippen LogP contribution in [-0.4, -0.2) is 50.0 Å². The molecule has 1 aliphatic rings. The van der Waals surface area contributed by atoms with Crippen LogP contribution in [0.1, 0.15) is 36.8 Å². The molecule has 0 bridgehead atoms. The molecule has 1 aliphatic carbocycles. The fourth-order valence-corrected chi connectivity index (χ4v) is 6.23. The predicted octanol–water partition coefficient (Wildman–Crippen LogP) is 5.46. The highest BCUT2D eigenvalue weighted by molar-refractivity contribution is 7.92. The third-order valence-corrected chi connectivity index (χ3v) is 8.74. The van der Waals surface area contributed by atoms with Gasteiger partial charge in [-0.15, -0.1) is 0 Å². The van der Waals surface area contributed by atoms with Gasteiger partial charge in [0.15, 0.2) is 0 Å². The van der Waals surface area contributed by atoms with Gasteiger partial charge in [0.2, 0.25) is 21.8 Å². The summed E-state index contributed by atoms with van der Waals surface area (Å²) in [5.74, 6) is -0.787. The molecule has 1 atom stereocenters. The van der Waals surface area contributed by atoms with Crippen molar-refractivity contribution < 1.29 is 18.0 Å². The van der Waals surface area contributed by atoms with Crippen LogP contribution >= 0.6 is 23.2 Å². The third-order valence-electron chi connectivity index (χ3n) is 7.04. The van der Waals surface area contributed by atoms with Gasteiger partial charge in [-0.25, -0.2) is 8.42 Å². The Morgan fingerprint density at radius 1 is 0.900 bits per heavy atom. The Bertz CT molecular complexity index is 1410. The number of benzene rings is 3. The van der Waals surface area contributed by atoms with Gasteiger partial charge in [-0.1, -0.05) is 90.6 Å². The lowest BCUT2D eigenvalue weighted by molar-refractivity contribution is -0.140. The molecule has 2 amide bonds. The van der Waals surface area contributed by atoms with E-state index in [1.807, 2.05) is 30.3 Å². The zero-order chi connectivity index (χ0) is 28.7. The molecule has 0 radical (unpaired) electrons. The van der Waals surface area contributed by atoms with E-state index in [9.17, 15) is 18.0 Å². The number of carbonyl (C=O) groups is 2. The van der Waals surface area contributed by atoms with Crippen molar-refractivity contribution in [2.45, 2.75) is 50.7 Å². The first-order valence-corrected chi connectivity index (χ1v) is 15.8. The number of hydrogen-bond donors (Lipinski definition) is 1. The lowest BCUT2D eigenvalue weighted by Crippen LogP contribution is -2.54. The van der Waals surface area contributed by atoms with Crippen LogP contribution in [0.3, 0.4) is 0 Å². The Hall–Kier alpha value is -3.07. The molecule has 3 aromatic rings. The van der Waals surface area contributed by atoms with Gasteiger partial charge in [-0.2, -0.15) is 0 Å². The summed E-state index contributed by atoms with van der Waals surface area (Å²) in [5, 5.41) is 3.89. The standard InChI is InChI=1S/C30H33Cl2N3O4S/c1-40(38,39)35(27-14-8-7-13-26(27)32)21-29(36)34(20-23-15-17-24(31)18-16-23)28(19-22-9-3-2-4-10-22)30(37)33-25-11-5-6-12-25/h2-4,7-10,13-18,25,28H,5-6,11-12,19-21H2,1H3,(H,33,37). The zero-order valence-corrected chi connectivity index (χ0v) is 24.6. The van der Waals surface area contributed by atoms with Crippen LogP contribution in [0.15, 0.2) is 78.9 Å². The summed E-state index contributed by atoms with van der Waals surface area (Å²) in [4.78, 5) is 29.4. The van der Waals surface area contributed by atoms with Crippen LogP contribution in [0, 0.1) is 0 Å². The van der Waals surface area contributed by atoms with Gasteiger partial charge < -0.3 is 10.2 Å². The molecule has 10 heteroatoms. The molecular weight excluding hydrogens is 569 g/mol. The van der Waals surface area contributed by atoms with Crippen molar-refractivity contribution in [2.75, 3.05) is 17.1 Å². The smallest absolute Gasteiger partial charge is 0.244 e. The van der Waals surface area contributed by atoms with Gasteiger partial charge in [0.1, 0.15) is 12.6 Å². The number of carbonyl (C=O) groups excluding carboxylic acids is 2. The number of nitrogens with one attached hydrogen (secondary N) is 1. The van der Waals surface area contributed by atoms with Crippen LogP contribution in [-0.2, 0) is 32.6 Å². The van der Waals surface area contributed by atoms with Gasteiger partial charge in [-0.3, -0.25) is 13.9 Å². The normalized spacial score (nSPS) is 14.5. The molecule has 0 saturated heterocycles. The minimum atomic E-state index is -3.89. The Morgan fingerprint density at radius 2 is 1.52 bits per heavy atom. The highest BCUT2D eigenvalue weighted by Crippen LogP contribution is 2.28. The maximum atomic E-state index is 14.1. The van der Waals surface area contributed by atoms with Gasteiger partial charge in [-0.05, 0) is 48.2 Å². The molecule has 212 valence electrons. The molecular formula is C30H33Cl2N3O4S. The quantitative estimate of drug-likeness (QED) is 0.316. The molecule has 0 aliphatic heterocycles. The summed E-state index contributed by atoms with van der Waals surface area (Å²) in [6.45, 7) is -0.427. The molecule has 7 nitrogen and oxygen atoms in total. The minimum Gasteiger partial charge on any atom is -0.352 e. The number of rotatable bonds is 11. The second-order valence-electron chi connectivity index (χ2n) is 10.1. The number of amides is 2.